The molecule has 2 rings (SSSR count). The molecule has 0 spiro atoms. The lowest BCUT2D eigenvalue weighted by molar-refractivity contribution is 0.265. The molecule has 0 saturated heterocycles. The van der Waals surface area contributed by atoms with Crippen molar-refractivity contribution in [3.63, 3.8) is 0 Å². The highest BCUT2D eigenvalue weighted by Crippen LogP contribution is 2.26. The van der Waals surface area contributed by atoms with Gasteiger partial charge in [-0.3, -0.25) is 0 Å². The third-order valence-corrected chi connectivity index (χ3v) is 3.53. The van der Waals surface area contributed by atoms with E-state index in [0.29, 0.717) is 5.56 Å². The fourth-order valence-electron chi connectivity index (χ4n) is 1.65. The van der Waals surface area contributed by atoms with E-state index in [2.05, 4.69) is 15.9 Å². The molecule has 0 radical (unpaired) electrons. The molecule has 2 aromatic rings. The first-order valence-corrected chi connectivity index (χ1v) is 6.46. The molecule has 0 aliphatic heterocycles. The predicted octanol–water partition coefficient (Wildman–Crippen LogP) is 3.94. The van der Waals surface area contributed by atoms with E-state index in [-0.39, 0.29) is 16.6 Å². The summed E-state index contributed by atoms with van der Waals surface area (Å²) in [5.41, 5.74) is 0.536. The molecule has 0 unspecified atom stereocenters. The summed E-state index contributed by atoms with van der Waals surface area (Å²) in [6, 6.07) is 6.27. The molecule has 0 bridgehead atoms. The van der Waals surface area contributed by atoms with Crippen molar-refractivity contribution in [2.45, 2.75) is 13.2 Å². The first-order chi connectivity index (χ1) is 9.52. The molecule has 20 heavy (non-hydrogen) atoms. The highest BCUT2D eigenvalue weighted by molar-refractivity contribution is 9.10. The Morgan fingerprint density at radius 1 is 1.05 bits per heavy atom. The van der Waals surface area contributed by atoms with Crippen molar-refractivity contribution < 1.29 is 23.0 Å². The van der Waals surface area contributed by atoms with Crippen LogP contribution in [0.25, 0.3) is 0 Å². The van der Waals surface area contributed by atoms with Crippen LogP contribution in [0.4, 0.5) is 13.2 Å². The van der Waals surface area contributed by atoms with Crippen LogP contribution in [0, 0.1) is 17.5 Å². The number of hydrogen-bond donors (Lipinski definition) is 1. The largest absolute Gasteiger partial charge is 0.483 e. The van der Waals surface area contributed by atoms with Crippen LogP contribution in [-0.2, 0) is 13.2 Å². The predicted molar refractivity (Wildman–Crippen MR) is 70.7 cm³/mol. The van der Waals surface area contributed by atoms with Gasteiger partial charge in [0.15, 0.2) is 17.4 Å². The summed E-state index contributed by atoms with van der Waals surface area (Å²) in [5, 5.41) is 8.83. The average molecular weight is 347 g/mol. The lowest BCUT2D eigenvalue weighted by Gasteiger charge is -2.11. The quantitative estimate of drug-likeness (QED) is 0.908. The lowest BCUT2D eigenvalue weighted by Crippen LogP contribution is -2.02. The molecule has 1 N–H and O–H groups in total. The Kier molecular flexibility index (Phi) is 4.67. The molecule has 0 saturated carbocycles. The van der Waals surface area contributed by atoms with Crippen molar-refractivity contribution in [3.05, 3.63) is 63.4 Å². The van der Waals surface area contributed by atoms with Crippen molar-refractivity contribution in [3.8, 4) is 5.75 Å². The molecular formula is C14H10BrF3O2. The Morgan fingerprint density at radius 3 is 2.30 bits per heavy atom. The summed E-state index contributed by atoms with van der Waals surface area (Å²) in [5.74, 6) is -2.87. The van der Waals surface area contributed by atoms with E-state index in [1.54, 1.807) is 6.07 Å². The van der Waals surface area contributed by atoms with Gasteiger partial charge >= 0.3 is 0 Å². The zero-order valence-corrected chi connectivity index (χ0v) is 11.8. The highest BCUT2D eigenvalue weighted by atomic mass is 79.9. The van der Waals surface area contributed by atoms with Crippen LogP contribution in [0.5, 0.6) is 5.75 Å². The van der Waals surface area contributed by atoms with E-state index in [4.69, 9.17) is 9.84 Å². The summed E-state index contributed by atoms with van der Waals surface area (Å²) < 4.78 is 45.8. The Bertz CT molecular complexity index is 609. The molecular weight excluding hydrogens is 337 g/mol. The third kappa shape index (κ3) is 3.13. The first-order valence-electron chi connectivity index (χ1n) is 5.67. The number of aliphatic hydroxyl groups is 1. The number of rotatable bonds is 4. The second-order valence-electron chi connectivity index (χ2n) is 4.05. The van der Waals surface area contributed by atoms with Gasteiger partial charge in [0, 0.05) is 5.56 Å². The molecule has 0 atom stereocenters. The molecule has 106 valence electrons. The van der Waals surface area contributed by atoms with E-state index in [1.165, 1.54) is 12.1 Å². The number of halogens is 4. The van der Waals surface area contributed by atoms with Gasteiger partial charge in [-0.1, -0.05) is 12.1 Å². The Labute approximate surface area is 121 Å². The van der Waals surface area contributed by atoms with E-state index in [0.717, 1.165) is 12.1 Å². The Hall–Kier alpha value is -1.53. The summed E-state index contributed by atoms with van der Waals surface area (Å²) in [7, 11) is 0. The van der Waals surface area contributed by atoms with Crippen LogP contribution in [0.1, 0.15) is 11.1 Å². The van der Waals surface area contributed by atoms with Gasteiger partial charge < -0.3 is 9.84 Å². The number of ether oxygens (including phenoxy) is 1. The molecule has 6 heteroatoms. The van der Waals surface area contributed by atoms with Gasteiger partial charge in [-0.25, -0.2) is 13.2 Å². The molecule has 0 aliphatic carbocycles. The standard InChI is InChI=1S/C14H10BrF3O2/c15-13-9(2-1-3-10(13)16)7-20-14-11(17)4-8(6-19)5-12(14)18/h1-5,19H,6-7H2. The van der Waals surface area contributed by atoms with E-state index >= 15 is 0 Å². The molecule has 2 aromatic carbocycles. The molecule has 0 aliphatic rings. The van der Waals surface area contributed by atoms with Crippen LogP contribution < -0.4 is 4.74 Å². The van der Waals surface area contributed by atoms with Gasteiger partial charge in [-0.05, 0) is 39.7 Å². The SMILES string of the molecule is OCc1cc(F)c(OCc2cccc(F)c2Br)c(F)c1. The fraction of sp³-hybridized carbons (Fsp3) is 0.143. The van der Waals surface area contributed by atoms with Crippen molar-refractivity contribution in [1.82, 2.24) is 0 Å². The van der Waals surface area contributed by atoms with Gasteiger partial charge in [0.1, 0.15) is 12.4 Å². The van der Waals surface area contributed by atoms with E-state index in [9.17, 15) is 13.2 Å². The van der Waals surface area contributed by atoms with Crippen LogP contribution in [0.15, 0.2) is 34.8 Å². The minimum absolute atomic E-state index is 0.110. The van der Waals surface area contributed by atoms with Crippen molar-refractivity contribution >= 4 is 15.9 Å². The van der Waals surface area contributed by atoms with E-state index < -0.39 is 29.8 Å². The maximum Gasteiger partial charge on any atom is 0.191 e. The summed E-state index contributed by atoms with van der Waals surface area (Å²) >= 11 is 3.04. The van der Waals surface area contributed by atoms with Crippen LogP contribution in [0.2, 0.25) is 0 Å². The van der Waals surface area contributed by atoms with Crippen molar-refractivity contribution in [2.24, 2.45) is 0 Å². The van der Waals surface area contributed by atoms with Crippen molar-refractivity contribution in [2.75, 3.05) is 0 Å². The van der Waals surface area contributed by atoms with Gasteiger partial charge in [0.2, 0.25) is 0 Å². The second kappa shape index (κ2) is 6.28. The summed E-state index contributed by atoms with van der Waals surface area (Å²) in [4.78, 5) is 0. The zero-order valence-electron chi connectivity index (χ0n) is 10.2. The molecule has 0 fully saturated rings. The van der Waals surface area contributed by atoms with Gasteiger partial charge in [0.05, 0.1) is 11.1 Å². The van der Waals surface area contributed by atoms with E-state index in [1.807, 2.05) is 0 Å². The Morgan fingerprint density at radius 2 is 1.70 bits per heavy atom. The molecule has 0 heterocycles. The monoisotopic (exact) mass is 346 g/mol. The zero-order chi connectivity index (χ0) is 14.7. The first kappa shape index (κ1) is 14.9. The fourth-order valence-corrected chi connectivity index (χ4v) is 2.03. The Balaban J connectivity index is 2.21. The van der Waals surface area contributed by atoms with Crippen LogP contribution >= 0.6 is 15.9 Å². The summed E-state index contributed by atoms with van der Waals surface area (Å²) in [6.07, 6.45) is 0. The number of hydrogen-bond acceptors (Lipinski definition) is 2. The minimum Gasteiger partial charge on any atom is -0.483 e. The summed E-state index contributed by atoms with van der Waals surface area (Å²) in [6.45, 7) is -0.659. The maximum atomic E-state index is 13.6. The molecule has 0 amide bonds. The van der Waals surface area contributed by atoms with Gasteiger partial charge in [0.25, 0.3) is 0 Å². The maximum absolute atomic E-state index is 13.6. The lowest BCUT2D eigenvalue weighted by atomic mass is 10.2. The van der Waals surface area contributed by atoms with Gasteiger partial charge in [-0.15, -0.1) is 0 Å². The number of aliphatic hydroxyl groups excluding tert-OH is 1. The van der Waals surface area contributed by atoms with Crippen LogP contribution in [0.3, 0.4) is 0 Å². The molecule has 2 nitrogen and oxygen atoms in total. The smallest absolute Gasteiger partial charge is 0.191 e. The minimum atomic E-state index is -0.915. The van der Waals surface area contributed by atoms with Gasteiger partial charge in [-0.2, -0.15) is 0 Å². The number of benzene rings is 2. The highest BCUT2D eigenvalue weighted by Gasteiger charge is 2.14. The van der Waals surface area contributed by atoms with Crippen molar-refractivity contribution in [1.29, 1.82) is 0 Å². The van der Waals surface area contributed by atoms with Crippen LogP contribution in [-0.4, -0.2) is 5.11 Å². The molecule has 0 aromatic heterocycles. The second-order valence-corrected chi connectivity index (χ2v) is 4.84. The normalized spacial score (nSPS) is 10.7. The topological polar surface area (TPSA) is 29.5 Å². The average Bonchev–Trinajstić information content (AvgIpc) is 2.42. The third-order valence-electron chi connectivity index (χ3n) is 2.64.